The van der Waals surface area contributed by atoms with Crippen molar-refractivity contribution in [2.45, 2.75) is 6.42 Å². The minimum Gasteiger partial charge on any atom is -0.493 e. The van der Waals surface area contributed by atoms with Crippen LogP contribution in [0.2, 0.25) is 0 Å². The molecule has 1 saturated heterocycles. The molecule has 2 amide bonds. The van der Waals surface area contributed by atoms with Crippen LogP contribution in [0.4, 0.5) is 5.69 Å². The summed E-state index contributed by atoms with van der Waals surface area (Å²) in [5.74, 6) is 3.16. The third-order valence-electron chi connectivity index (χ3n) is 7.05. The molecular formula is C24H21NO4. The van der Waals surface area contributed by atoms with Gasteiger partial charge >= 0.3 is 0 Å². The number of amides is 2. The molecule has 5 nitrogen and oxygen atoms in total. The van der Waals surface area contributed by atoms with E-state index in [1.807, 2.05) is 24.3 Å². The van der Waals surface area contributed by atoms with Crippen LogP contribution in [0.3, 0.4) is 0 Å². The average Bonchev–Trinajstić information content (AvgIpc) is 3.53. The molecule has 0 radical (unpaired) electrons. The standard InChI is InChI=1S/C24H21NO4/c1-28-19-4-2-3-5-20(19)29-14-8-6-13(7-9-14)25-23(26)21-15-10-11-16(18-12-17(15)18)22(21)24(25)27/h2-11,15-18,21-22H,12H2,1H3/t15-,16-,17-,18-,21+,22+/m0/s1. The lowest BCUT2D eigenvalue weighted by Gasteiger charge is -2.37. The third kappa shape index (κ3) is 2.33. The van der Waals surface area contributed by atoms with Crippen LogP contribution in [0.25, 0.3) is 0 Å². The van der Waals surface area contributed by atoms with E-state index in [4.69, 9.17) is 9.47 Å². The van der Waals surface area contributed by atoms with Gasteiger partial charge in [0.2, 0.25) is 11.8 Å². The predicted molar refractivity (Wildman–Crippen MR) is 107 cm³/mol. The monoisotopic (exact) mass is 387 g/mol. The van der Waals surface area contributed by atoms with Crippen molar-refractivity contribution in [2.75, 3.05) is 12.0 Å². The Bertz CT molecular complexity index is 1010. The fourth-order valence-corrected chi connectivity index (χ4v) is 5.70. The first-order valence-electron chi connectivity index (χ1n) is 10.1. The number of methoxy groups -OCH3 is 1. The van der Waals surface area contributed by atoms with Crippen molar-refractivity contribution in [3.05, 3.63) is 60.7 Å². The smallest absolute Gasteiger partial charge is 0.238 e. The minimum atomic E-state index is -0.175. The highest BCUT2D eigenvalue weighted by molar-refractivity contribution is 6.22. The molecule has 1 heterocycles. The lowest BCUT2D eigenvalue weighted by Crippen LogP contribution is -2.40. The van der Waals surface area contributed by atoms with E-state index in [1.54, 1.807) is 31.4 Å². The van der Waals surface area contributed by atoms with Crippen LogP contribution in [-0.4, -0.2) is 18.9 Å². The van der Waals surface area contributed by atoms with Crippen molar-refractivity contribution in [1.82, 2.24) is 0 Å². The molecule has 2 bridgehead atoms. The van der Waals surface area contributed by atoms with Crippen LogP contribution in [0.15, 0.2) is 60.7 Å². The van der Waals surface area contributed by atoms with Gasteiger partial charge in [0.05, 0.1) is 24.6 Å². The molecule has 1 aliphatic heterocycles. The van der Waals surface area contributed by atoms with Crippen LogP contribution in [0.1, 0.15) is 6.42 Å². The number of benzene rings is 2. The van der Waals surface area contributed by atoms with Gasteiger partial charge in [-0.1, -0.05) is 24.3 Å². The Morgan fingerprint density at radius 3 is 2.00 bits per heavy atom. The Labute approximate surface area is 168 Å². The Morgan fingerprint density at radius 1 is 0.828 bits per heavy atom. The van der Waals surface area contributed by atoms with Gasteiger partial charge in [0.25, 0.3) is 0 Å². The first-order chi connectivity index (χ1) is 14.2. The maximum Gasteiger partial charge on any atom is 0.238 e. The number of ether oxygens (including phenoxy) is 2. The maximum atomic E-state index is 13.2. The Balaban J connectivity index is 1.26. The highest BCUT2D eigenvalue weighted by Gasteiger charge is 2.67. The van der Waals surface area contributed by atoms with E-state index >= 15 is 0 Å². The first-order valence-corrected chi connectivity index (χ1v) is 10.1. The van der Waals surface area contributed by atoms with Crippen LogP contribution in [-0.2, 0) is 9.59 Å². The zero-order valence-corrected chi connectivity index (χ0v) is 16.0. The lowest BCUT2D eigenvalue weighted by atomic mass is 9.63. The largest absolute Gasteiger partial charge is 0.493 e. The van der Waals surface area contributed by atoms with Gasteiger partial charge in [-0.2, -0.15) is 0 Å². The van der Waals surface area contributed by atoms with Crippen LogP contribution < -0.4 is 14.4 Å². The van der Waals surface area contributed by atoms with Crippen molar-refractivity contribution in [3.63, 3.8) is 0 Å². The van der Waals surface area contributed by atoms with Crippen molar-refractivity contribution >= 4 is 17.5 Å². The topological polar surface area (TPSA) is 55.8 Å². The summed E-state index contributed by atoms with van der Waals surface area (Å²) in [4.78, 5) is 27.8. The number of carbonyl (C=O) groups excluding carboxylic acids is 2. The molecule has 0 spiro atoms. The van der Waals surface area contributed by atoms with Gasteiger partial charge in [-0.15, -0.1) is 0 Å². The summed E-state index contributed by atoms with van der Waals surface area (Å²) < 4.78 is 11.2. The SMILES string of the molecule is COc1ccccc1Oc1ccc(N2C(=O)[C@@H]3[C@H]4C=C[C@@H]([C@@H]5C[C@@H]45)[C@H]3C2=O)cc1. The Kier molecular flexibility index (Phi) is 3.46. The molecule has 4 aliphatic carbocycles. The van der Waals surface area contributed by atoms with Crippen molar-refractivity contribution in [1.29, 1.82) is 0 Å². The normalized spacial score (nSPS) is 33.5. The first kappa shape index (κ1) is 16.8. The molecule has 2 saturated carbocycles. The number of para-hydroxylation sites is 2. The summed E-state index contributed by atoms with van der Waals surface area (Å²) in [5.41, 5.74) is 0.620. The van der Waals surface area contributed by atoms with E-state index in [1.165, 1.54) is 11.3 Å². The lowest BCUT2D eigenvalue weighted by molar-refractivity contribution is -0.124. The van der Waals surface area contributed by atoms with Crippen molar-refractivity contribution < 1.29 is 19.1 Å². The second-order valence-corrected chi connectivity index (χ2v) is 8.41. The highest BCUT2D eigenvalue weighted by Crippen LogP contribution is 2.65. The van der Waals surface area contributed by atoms with Crippen molar-refractivity contribution in [3.8, 4) is 17.2 Å². The fourth-order valence-electron chi connectivity index (χ4n) is 5.70. The molecular weight excluding hydrogens is 366 g/mol. The van der Waals surface area contributed by atoms with Crippen LogP contribution in [0, 0.1) is 35.5 Å². The second-order valence-electron chi connectivity index (χ2n) is 8.41. The molecule has 146 valence electrons. The summed E-state index contributed by atoms with van der Waals surface area (Å²) in [6.07, 6.45) is 5.56. The number of hydrogen-bond donors (Lipinski definition) is 0. The zero-order chi connectivity index (χ0) is 19.7. The molecule has 29 heavy (non-hydrogen) atoms. The molecule has 2 aromatic rings. The molecule has 0 N–H and O–H groups in total. The number of carbonyl (C=O) groups is 2. The van der Waals surface area contributed by atoms with Crippen LogP contribution in [0.5, 0.6) is 17.2 Å². The summed E-state index contributed by atoms with van der Waals surface area (Å²) in [6.45, 7) is 0. The molecule has 5 heteroatoms. The van der Waals surface area contributed by atoms with E-state index in [0.717, 1.165) is 0 Å². The Morgan fingerprint density at radius 2 is 1.41 bits per heavy atom. The quantitative estimate of drug-likeness (QED) is 0.587. The second kappa shape index (κ2) is 5.96. The highest BCUT2D eigenvalue weighted by atomic mass is 16.5. The maximum absolute atomic E-state index is 13.2. The number of anilines is 1. The number of allylic oxidation sites excluding steroid dienone is 2. The molecule has 6 atom stereocenters. The van der Waals surface area contributed by atoms with Gasteiger partial charge in [-0.05, 0) is 66.5 Å². The van der Waals surface area contributed by atoms with Gasteiger partial charge < -0.3 is 9.47 Å². The van der Waals surface area contributed by atoms with E-state index in [0.29, 0.717) is 34.8 Å². The van der Waals surface area contributed by atoms with E-state index in [-0.39, 0.29) is 35.5 Å². The zero-order valence-electron chi connectivity index (χ0n) is 16.0. The predicted octanol–water partition coefficient (Wildman–Crippen LogP) is 4.05. The van der Waals surface area contributed by atoms with Gasteiger partial charge in [0.1, 0.15) is 5.75 Å². The van der Waals surface area contributed by atoms with E-state index in [9.17, 15) is 9.59 Å². The van der Waals surface area contributed by atoms with E-state index in [2.05, 4.69) is 12.2 Å². The Hall–Kier alpha value is -3.08. The average molecular weight is 387 g/mol. The number of nitrogens with zero attached hydrogens (tertiary/aromatic N) is 1. The molecule has 5 aliphatic rings. The molecule has 2 aromatic carbocycles. The third-order valence-corrected chi connectivity index (χ3v) is 7.05. The molecule has 3 fully saturated rings. The van der Waals surface area contributed by atoms with E-state index < -0.39 is 0 Å². The van der Waals surface area contributed by atoms with Gasteiger partial charge in [-0.3, -0.25) is 14.5 Å². The number of rotatable bonds is 4. The summed E-state index contributed by atoms with van der Waals surface area (Å²) in [5, 5.41) is 0. The molecule has 0 aromatic heterocycles. The van der Waals surface area contributed by atoms with Gasteiger partial charge in [0, 0.05) is 0 Å². The summed E-state index contributed by atoms with van der Waals surface area (Å²) in [6, 6.07) is 14.6. The van der Waals surface area contributed by atoms with Crippen LogP contribution >= 0.6 is 0 Å². The molecule has 0 unspecified atom stereocenters. The number of hydrogen-bond acceptors (Lipinski definition) is 4. The minimum absolute atomic E-state index is 0.0388. The summed E-state index contributed by atoms with van der Waals surface area (Å²) >= 11 is 0. The number of imide groups is 1. The van der Waals surface area contributed by atoms with Gasteiger partial charge in [-0.25, -0.2) is 0 Å². The fraction of sp³-hybridized carbons (Fsp3) is 0.333. The van der Waals surface area contributed by atoms with Crippen molar-refractivity contribution in [2.24, 2.45) is 35.5 Å². The summed E-state index contributed by atoms with van der Waals surface area (Å²) in [7, 11) is 1.60. The van der Waals surface area contributed by atoms with Gasteiger partial charge in [0.15, 0.2) is 11.5 Å². The molecule has 7 rings (SSSR count).